The topological polar surface area (TPSA) is 29.1 Å². The zero-order valence-electron chi connectivity index (χ0n) is 13.7. The van der Waals surface area contributed by atoms with E-state index in [1.165, 1.54) is 11.1 Å². The first-order valence-corrected chi connectivity index (χ1v) is 7.62. The highest BCUT2D eigenvalue weighted by Crippen LogP contribution is 2.18. The zero-order valence-corrected chi connectivity index (χ0v) is 13.7. The van der Waals surface area contributed by atoms with E-state index in [0.29, 0.717) is 5.92 Å². The van der Waals surface area contributed by atoms with Gasteiger partial charge in [-0.3, -0.25) is 4.79 Å². The molecule has 0 bridgehead atoms. The predicted molar refractivity (Wildman–Crippen MR) is 94.1 cm³/mol. The third-order valence-electron chi connectivity index (χ3n) is 3.89. The highest BCUT2D eigenvalue weighted by Gasteiger charge is 2.03. The van der Waals surface area contributed by atoms with Gasteiger partial charge >= 0.3 is 0 Å². The van der Waals surface area contributed by atoms with Crippen LogP contribution in [0.5, 0.6) is 0 Å². The molecule has 0 atom stereocenters. The van der Waals surface area contributed by atoms with Crippen LogP contribution in [0.25, 0.3) is 6.08 Å². The Morgan fingerprint density at radius 2 is 1.73 bits per heavy atom. The van der Waals surface area contributed by atoms with Crippen molar-refractivity contribution in [3.63, 3.8) is 0 Å². The molecule has 1 amide bonds. The summed E-state index contributed by atoms with van der Waals surface area (Å²) in [5, 5.41) is 2.93. The van der Waals surface area contributed by atoms with Gasteiger partial charge in [-0.25, -0.2) is 0 Å². The maximum absolute atomic E-state index is 12.0. The minimum Gasteiger partial charge on any atom is -0.322 e. The standard InChI is InChI=1S/C20H23NO/c1-14(2)18-11-8-17(9-12-18)10-13-20(22)21-19-7-5-6-15(3)16(19)4/h5-14H,1-4H3,(H,21,22). The molecule has 0 fully saturated rings. The lowest BCUT2D eigenvalue weighted by Crippen LogP contribution is -2.09. The monoisotopic (exact) mass is 293 g/mol. The van der Waals surface area contributed by atoms with Gasteiger partial charge < -0.3 is 5.32 Å². The molecular formula is C20H23NO. The first kappa shape index (κ1) is 16.0. The molecule has 2 aromatic carbocycles. The van der Waals surface area contributed by atoms with Gasteiger partial charge in [0.25, 0.3) is 0 Å². The Hall–Kier alpha value is -2.35. The van der Waals surface area contributed by atoms with Crippen molar-refractivity contribution in [1.82, 2.24) is 0 Å². The Balaban J connectivity index is 2.03. The zero-order chi connectivity index (χ0) is 16.1. The summed E-state index contributed by atoms with van der Waals surface area (Å²) in [7, 11) is 0. The molecule has 2 heteroatoms. The van der Waals surface area contributed by atoms with E-state index in [9.17, 15) is 4.79 Å². The average Bonchev–Trinajstić information content (AvgIpc) is 2.50. The summed E-state index contributed by atoms with van der Waals surface area (Å²) in [6, 6.07) is 14.2. The lowest BCUT2D eigenvalue weighted by atomic mass is 10.0. The van der Waals surface area contributed by atoms with Crippen LogP contribution in [0.2, 0.25) is 0 Å². The number of rotatable bonds is 4. The number of anilines is 1. The molecule has 22 heavy (non-hydrogen) atoms. The molecule has 0 aliphatic heterocycles. The Bertz CT molecular complexity index is 681. The van der Waals surface area contributed by atoms with Gasteiger partial charge in [-0.2, -0.15) is 0 Å². The lowest BCUT2D eigenvalue weighted by molar-refractivity contribution is -0.111. The highest BCUT2D eigenvalue weighted by molar-refractivity contribution is 6.02. The van der Waals surface area contributed by atoms with Crippen molar-refractivity contribution in [3.8, 4) is 0 Å². The first-order chi connectivity index (χ1) is 10.5. The summed E-state index contributed by atoms with van der Waals surface area (Å²) in [4.78, 5) is 12.0. The van der Waals surface area contributed by atoms with Crippen LogP contribution in [0.15, 0.2) is 48.5 Å². The first-order valence-electron chi connectivity index (χ1n) is 7.62. The van der Waals surface area contributed by atoms with Crippen molar-refractivity contribution in [1.29, 1.82) is 0 Å². The molecule has 0 aliphatic rings. The summed E-state index contributed by atoms with van der Waals surface area (Å²) >= 11 is 0. The van der Waals surface area contributed by atoms with Gasteiger partial charge in [-0.05, 0) is 54.2 Å². The molecular weight excluding hydrogens is 270 g/mol. The average molecular weight is 293 g/mol. The van der Waals surface area contributed by atoms with Crippen molar-refractivity contribution < 1.29 is 4.79 Å². The van der Waals surface area contributed by atoms with E-state index >= 15 is 0 Å². The minimum absolute atomic E-state index is 0.110. The molecule has 0 saturated heterocycles. The van der Waals surface area contributed by atoms with Crippen molar-refractivity contribution in [3.05, 3.63) is 70.8 Å². The van der Waals surface area contributed by atoms with E-state index in [1.54, 1.807) is 6.08 Å². The molecule has 2 aromatic rings. The Kier molecular flexibility index (Phi) is 5.16. The second kappa shape index (κ2) is 7.08. The summed E-state index contributed by atoms with van der Waals surface area (Å²) in [5.74, 6) is 0.409. The number of hydrogen-bond acceptors (Lipinski definition) is 1. The maximum Gasteiger partial charge on any atom is 0.248 e. The van der Waals surface area contributed by atoms with Crippen molar-refractivity contribution >= 4 is 17.7 Å². The number of carbonyl (C=O) groups is 1. The summed E-state index contributed by atoms with van der Waals surface area (Å²) in [5.41, 5.74) is 5.47. The Morgan fingerprint density at radius 3 is 2.36 bits per heavy atom. The molecule has 0 unspecified atom stereocenters. The van der Waals surface area contributed by atoms with Crippen LogP contribution in [0.3, 0.4) is 0 Å². The number of carbonyl (C=O) groups excluding carboxylic acids is 1. The smallest absolute Gasteiger partial charge is 0.248 e. The van der Waals surface area contributed by atoms with E-state index in [1.807, 2.05) is 50.3 Å². The molecule has 0 saturated carbocycles. The van der Waals surface area contributed by atoms with Crippen LogP contribution in [0.1, 0.15) is 42.0 Å². The molecule has 2 rings (SSSR count). The van der Waals surface area contributed by atoms with E-state index in [-0.39, 0.29) is 5.91 Å². The number of hydrogen-bond donors (Lipinski definition) is 1. The molecule has 0 spiro atoms. The van der Waals surface area contributed by atoms with E-state index in [4.69, 9.17) is 0 Å². The van der Waals surface area contributed by atoms with Crippen LogP contribution >= 0.6 is 0 Å². The summed E-state index contributed by atoms with van der Waals surface area (Å²) in [6.07, 6.45) is 3.41. The third-order valence-corrected chi connectivity index (χ3v) is 3.89. The molecule has 1 N–H and O–H groups in total. The normalized spacial score (nSPS) is 11.1. The van der Waals surface area contributed by atoms with Crippen molar-refractivity contribution in [2.75, 3.05) is 5.32 Å². The van der Waals surface area contributed by atoms with Gasteiger partial charge in [-0.15, -0.1) is 0 Å². The molecule has 0 heterocycles. The Labute approximate surface area is 132 Å². The van der Waals surface area contributed by atoms with Gasteiger partial charge in [0.2, 0.25) is 5.91 Å². The van der Waals surface area contributed by atoms with Crippen molar-refractivity contribution in [2.24, 2.45) is 0 Å². The van der Waals surface area contributed by atoms with Gasteiger partial charge in [0, 0.05) is 11.8 Å². The van der Waals surface area contributed by atoms with Crippen LogP contribution in [-0.4, -0.2) is 5.91 Å². The van der Waals surface area contributed by atoms with E-state index in [0.717, 1.165) is 16.8 Å². The van der Waals surface area contributed by atoms with Crippen LogP contribution in [0, 0.1) is 13.8 Å². The number of amides is 1. The quantitative estimate of drug-likeness (QED) is 0.783. The van der Waals surface area contributed by atoms with Gasteiger partial charge in [0.05, 0.1) is 0 Å². The maximum atomic E-state index is 12.0. The minimum atomic E-state index is -0.110. The van der Waals surface area contributed by atoms with Crippen LogP contribution < -0.4 is 5.32 Å². The fourth-order valence-corrected chi connectivity index (χ4v) is 2.22. The number of nitrogens with one attached hydrogen (secondary N) is 1. The van der Waals surface area contributed by atoms with Crippen molar-refractivity contribution in [2.45, 2.75) is 33.6 Å². The van der Waals surface area contributed by atoms with Gasteiger partial charge in [-0.1, -0.05) is 50.2 Å². The van der Waals surface area contributed by atoms with E-state index in [2.05, 4.69) is 31.3 Å². The van der Waals surface area contributed by atoms with Gasteiger partial charge in [0.1, 0.15) is 0 Å². The highest BCUT2D eigenvalue weighted by atomic mass is 16.1. The van der Waals surface area contributed by atoms with Gasteiger partial charge in [0.15, 0.2) is 0 Å². The second-order valence-electron chi connectivity index (χ2n) is 5.89. The van der Waals surface area contributed by atoms with Crippen LogP contribution in [0.4, 0.5) is 5.69 Å². The van der Waals surface area contributed by atoms with E-state index < -0.39 is 0 Å². The molecule has 114 valence electrons. The second-order valence-corrected chi connectivity index (χ2v) is 5.89. The predicted octanol–water partition coefficient (Wildman–Crippen LogP) is 5.08. The number of benzene rings is 2. The Morgan fingerprint density at radius 1 is 1.05 bits per heavy atom. The fraction of sp³-hybridized carbons (Fsp3) is 0.250. The largest absolute Gasteiger partial charge is 0.322 e. The fourth-order valence-electron chi connectivity index (χ4n) is 2.22. The molecule has 0 aromatic heterocycles. The molecule has 2 nitrogen and oxygen atoms in total. The summed E-state index contributed by atoms with van der Waals surface area (Å²) < 4.78 is 0. The SMILES string of the molecule is Cc1cccc(NC(=O)C=Cc2ccc(C(C)C)cc2)c1C. The van der Waals surface area contributed by atoms with Crippen LogP contribution in [-0.2, 0) is 4.79 Å². The summed E-state index contributed by atoms with van der Waals surface area (Å²) in [6.45, 7) is 8.39. The number of aryl methyl sites for hydroxylation is 1. The third kappa shape index (κ3) is 4.08. The molecule has 0 radical (unpaired) electrons. The molecule has 0 aliphatic carbocycles. The lowest BCUT2D eigenvalue weighted by Gasteiger charge is -2.08.